The number of hydrogen-bond acceptors (Lipinski definition) is 4. The highest BCUT2D eigenvalue weighted by molar-refractivity contribution is 9.10. The second kappa shape index (κ2) is 5.76. The minimum Gasteiger partial charge on any atom is -0.355 e. The fourth-order valence-corrected chi connectivity index (χ4v) is 3.30. The van der Waals surface area contributed by atoms with Crippen molar-refractivity contribution in [2.24, 2.45) is 0 Å². The van der Waals surface area contributed by atoms with Crippen LogP contribution in [0.15, 0.2) is 16.7 Å². The van der Waals surface area contributed by atoms with Gasteiger partial charge < -0.3 is 4.90 Å². The number of halogens is 1. The fraction of sp³-hybridized carbons (Fsp3) is 0.583. The first-order valence-electron chi connectivity index (χ1n) is 6.19. The molecule has 0 saturated carbocycles. The van der Waals surface area contributed by atoms with Crippen molar-refractivity contribution in [3.63, 3.8) is 0 Å². The predicted octanol–water partition coefficient (Wildman–Crippen LogP) is 1.67. The number of aryl methyl sites for hydroxylation is 1. The van der Waals surface area contributed by atoms with Crippen LogP contribution in [-0.2, 0) is 10.0 Å². The molecule has 106 valence electrons. The molecule has 1 fully saturated rings. The van der Waals surface area contributed by atoms with Crippen LogP contribution in [0.25, 0.3) is 0 Å². The van der Waals surface area contributed by atoms with Gasteiger partial charge in [-0.05, 0) is 47.3 Å². The van der Waals surface area contributed by atoms with Crippen LogP contribution in [0.2, 0.25) is 0 Å². The molecular weight excluding hydrogens is 330 g/mol. The number of hydrogen-bond donors (Lipinski definition) is 1. The zero-order chi connectivity index (χ0) is 14.0. The fourth-order valence-electron chi connectivity index (χ4n) is 2.28. The van der Waals surface area contributed by atoms with Gasteiger partial charge in [-0.15, -0.1) is 0 Å². The van der Waals surface area contributed by atoms with Gasteiger partial charge in [-0.2, -0.15) is 0 Å². The molecule has 0 radical (unpaired) electrons. The predicted molar refractivity (Wildman–Crippen MR) is 79.9 cm³/mol. The Balaban J connectivity index is 2.10. The Morgan fingerprint density at radius 2 is 2.26 bits per heavy atom. The van der Waals surface area contributed by atoms with Crippen molar-refractivity contribution in [3.05, 3.63) is 22.3 Å². The summed E-state index contributed by atoms with van der Waals surface area (Å²) >= 11 is 3.43. The Bertz CT molecular complexity index is 562. The number of nitrogens with zero attached hydrogens (tertiary/aromatic N) is 2. The molecule has 1 atom stereocenters. The molecule has 0 spiro atoms. The van der Waals surface area contributed by atoms with E-state index in [9.17, 15) is 8.42 Å². The summed E-state index contributed by atoms with van der Waals surface area (Å²) in [5.41, 5.74) is 1.13. The molecular formula is C12H18BrN3O2S. The second-order valence-electron chi connectivity index (χ2n) is 4.97. The maximum atomic E-state index is 11.3. The largest absolute Gasteiger partial charge is 0.355 e. The van der Waals surface area contributed by atoms with E-state index in [0.29, 0.717) is 6.54 Å². The first-order chi connectivity index (χ1) is 8.85. The summed E-state index contributed by atoms with van der Waals surface area (Å²) in [6.07, 6.45) is 4.83. The van der Waals surface area contributed by atoms with Crippen molar-refractivity contribution in [2.45, 2.75) is 25.8 Å². The number of pyridine rings is 1. The van der Waals surface area contributed by atoms with E-state index in [4.69, 9.17) is 0 Å². The summed E-state index contributed by atoms with van der Waals surface area (Å²) in [5, 5.41) is 0. The van der Waals surface area contributed by atoms with Crippen LogP contribution < -0.4 is 9.62 Å². The molecule has 0 bridgehead atoms. The number of anilines is 1. The lowest BCUT2D eigenvalue weighted by atomic mass is 10.1. The van der Waals surface area contributed by atoms with Gasteiger partial charge >= 0.3 is 0 Å². The van der Waals surface area contributed by atoms with Crippen molar-refractivity contribution in [1.29, 1.82) is 0 Å². The van der Waals surface area contributed by atoms with E-state index in [1.165, 1.54) is 6.26 Å². The summed E-state index contributed by atoms with van der Waals surface area (Å²) in [6, 6.07) is 1.99. The number of nitrogens with one attached hydrogen (secondary N) is 1. The van der Waals surface area contributed by atoms with Crippen molar-refractivity contribution >= 4 is 31.8 Å². The van der Waals surface area contributed by atoms with E-state index >= 15 is 0 Å². The van der Waals surface area contributed by atoms with Gasteiger partial charge in [0.2, 0.25) is 10.0 Å². The quantitative estimate of drug-likeness (QED) is 0.903. The molecule has 7 heteroatoms. The van der Waals surface area contributed by atoms with Crippen LogP contribution >= 0.6 is 15.9 Å². The average Bonchev–Trinajstić information content (AvgIpc) is 2.31. The minimum absolute atomic E-state index is 0.0329. The number of piperidine rings is 1. The third-order valence-electron chi connectivity index (χ3n) is 3.16. The Labute approximate surface area is 122 Å². The third kappa shape index (κ3) is 4.15. The van der Waals surface area contributed by atoms with Crippen molar-refractivity contribution < 1.29 is 8.42 Å². The van der Waals surface area contributed by atoms with E-state index in [2.05, 4.69) is 30.5 Å². The summed E-state index contributed by atoms with van der Waals surface area (Å²) in [7, 11) is -3.15. The molecule has 0 aromatic carbocycles. The molecule has 19 heavy (non-hydrogen) atoms. The number of sulfonamides is 1. The van der Waals surface area contributed by atoms with Gasteiger partial charge in [0.1, 0.15) is 5.82 Å². The van der Waals surface area contributed by atoms with Crippen molar-refractivity contribution in [2.75, 3.05) is 24.2 Å². The Hall–Kier alpha value is -0.660. The molecule has 1 aliphatic rings. The lowest BCUT2D eigenvalue weighted by Crippen LogP contribution is -2.47. The molecule has 5 nitrogen and oxygen atoms in total. The Morgan fingerprint density at radius 1 is 1.53 bits per heavy atom. The van der Waals surface area contributed by atoms with Gasteiger partial charge in [0.15, 0.2) is 0 Å². The molecule has 2 heterocycles. The average molecular weight is 348 g/mol. The van der Waals surface area contributed by atoms with Crippen LogP contribution in [0.1, 0.15) is 18.4 Å². The summed E-state index contributed by atoms with van der Waals surface area (Å²) < 4.78 is 26.2. The summed E-state index contributed by atoms with van der Waals surface area (Å²) in [5.74, 6) is 0.903. The topological polar surface area (TPSA) is 62.3 Å². The zero-order valence-corrected chi connectivity index (χ0v) is 13.5. The van der Waals surface area contributed by atoms with E-state index in [0.717, 1.165) is 35.2 Å². The smallest absolute Gasteiger partial charge is 0.209 e. The van der Waals surface area contributed by atoms with Crippen molar-refractivity contribution in [1.82, 2.24) is 9.71 Å². The van der Waals surface area contributed by atoms with Gasteiger partial charge in [-0.3, -0.25) is 0 Å². The van der Waals surface area contributed by atoms with E-state index < -0.39 is 10.0 Å². The van der Waals surface area contributed by atoms with E-state index in [1.54, 1.807) is 6.20 Å². The highest BCUT2D eigenvalue weighted by Gasteiger charge is 2.23. The van der Waals surface area contributed by atoms with E-state index in [1.807, 2.05) is 13.0 Å². The first-order valence-corrected chi connectivity index (χ1v) is 8.88. The molecule has 1 N–H and O–H groups in total. The number of aromatic nitrogens is 1. The third-order valence-corrected chi connectivity index (χ3v) is 4.75. The van der Waals surface area contributed by atoms with Crippen LogP contribution in [0.5, 0.6) is 0 Å². The molecule has 1 saturated heterocycles. The minimum atomic E-state index is -3.15. The van der Waals surface area contributed by atoms with Gasteiger partial charge in [-0.25, -0.2) is 18.1 Å². The molecule has 1 unspecified atom stereocenters. The highest BCUT2D eigenvalue weighted by Crippen LogP contribution is 2.22. The zero-order valence-electron chi connectivity index (χ0n) is 11.1. The molecule has 0 amide bonds. The summed E-state index contributed by atoms with van der Waals surface area (Å²) in [6.45, 7) is 3.60. The molecule has 0 aliphatic carbocycles. The maximum Gasteiger partial charge on any atom is 0.209 e. The Kier molecular flexibility index (Phi) is 4.47. The van der Waals surface area contributed by atoms with Crippen LogP contribution in [0.4, 0.5) is 5.82 Å². The second-order valence-corrected chi connectivity index (χ2v) is 7.60. The van der Waals surface area contributed by atoms with Crippen LogP contribution in [0, 0.1) is 6.92 Å². The van der Waals surface area contributed by atoms with Gasteiger partial charge in [0, 0.05) is 29.8 Å². The highest BCUT2D eigenvalue weighted by atomic mass is 79.9. The van der Waals surface area contributed by atoms with Crippen LogP contribution in [0.3, 0.4) is 0 Å². The molecule has 1 aromatic rings. The monoisotopic (exact) mass is 347 g/mol. The lowest BCUT2D eigenvalue weighted by Gasteiger charge is -2.33. The molecule has 1 aliphatic heterocycles. The lowest BCUT2D eigenvalue weighted by molar-refractivity contribution is 0.465. The molecule has 1 aromatic heterocycles. The van der Waals surface area contributed by atoms with Crippen molar-refractivity contribution in [3.8, 4) is 0 Å². The maximum absolute atomic E-state index is 11.3. The Morgan fingerprint density at radius 3 is 2.89 bits per heavy atom. The van der Waals surface area contributed by atoms with E-state index in [-0.39, 0.29) is 6.04 Å². The number of rotatable bonds is 3. The standard InChI is InChI=1S/C12H18BrN3O2S/c1-9-6-12(14-7-11(9)13)16-5-3-4-10(8-16)15-19(2,17)18/h6-7,10,15H,3-5,8H2,1-2H3. The summed E-state index contributed by atoms with van der Waals surface area (Å²) in [4.78, 5) is 6.53. The first kappa shape index (κ1) is 14.7. The molecule has 2 rings (SSSR count). The SMILES string of the molecule is Cc1cc(N2CCCC(NS(C)(=O)=O)C2)ncc1Br. The van der Waals surface area contributed by atoms with Gasteiger partial charge in [0.25, 0.3) is 0 Å². The van der Waals surface area contributed by atoms with Gasteiger partial charge in [-0.1, -0.05) is 0 Å². The van der Waals surface area contributed by atoms with Crippen LogP contribution in [-0.4, -0.2) is 38.8 Å². The van der Waals surface area contributed by atoms with Gasteiger partial charge in [0.05, 0.1) is 6.26 Å². The normalized spacial score (nSPS) is 20.6.